The summed E-state index contributed by atoms with van der Waals surface area (Å²) in [6, 6.07) is 1.16. The van der Waals surface area contributed by atoms with Crippen molar-refractivity contribution in [3.8, 4) is 0 Å². The minimum absolute atomic E-state index is 0.328. The van der Waals surface area contributed by atoms with Gasteiger partial charge in [-0.3, -0.25) is 4.90 Å². The molecule has 0 aromatic heterocycles. The van der Waals surface area contributed by atoms with Crippen LogP contribution in [0.1, 0.15) is 59.8 Å². The minimum Gasteiger partial charge on any atom is -0.396 e. The van der Waals surface area contributed by atoms with E-state index < -0.39 is 0 Å². The fourth-order valence-electron chi connectivity index (χ4n) is 2.98. The molecule has 114 valence electrons. The number of hydrogen-bond donors (Lipinski definition) is 2. The first kappa shape index (κ1) is 16.9. The van der Waals surface area contributed by atoms with E-state index in [1.54, 1.807) is 0 Å². The topological polar surface area (TPSA) is 35.5 Å². The van der Waals surface area contributed by atoms with Gasteiger partial charge < -0.3 is 10.4 Å². The Hall–Kier alpha value is -0.120. The highest BCUT2D eigenvalue weighted by Crippen LogP contribution is 2.27. The summed E-state index contributed by atoms with van der Waals surface area (Å²) < 4.78 is 0. The molecule has 0 spiro atoms. The number of nitrogens with zero attached hydrogens (tertiary/aromatic N) is 1. The number of likely N-dealkylation sites (tertiary alicyclic amines) is 1. The molecule has 0 aliphatic carbocycles. The van der Waals surface area contributed by atoms with Crippen molar-refractivity contribution in [2.75, 3.05) is 26.2 Å². The summed E-state index contributed by atoms with van der Waals surface area (Å²) in [6.07, 6.45) is 6.05. The van der Waals surface area contributed by atoms with E-state index in [-0.39, 0.29) is 0 Å². The Morgan fingerprint density at radius 3 is 2.68 bits per heavy atom. The second-order valence-electron chi connectivity index (χ2n) is 6.83. The van der Waals surface area contributed by atoms with Crippen molar-refractivity contribution in [3.05, 3.63) is 0 Å². The second kappa shape index (κ2) is 8.23. The molecular formula is C16H34N2O. The molecule has 0 aromatic rings. The van der Waals surface area contributed by atoms with Crippen LogP contribution < -0.4 is 5.32 Å². The van der Waals surface area contributed by atoms with E-state index in [0.29, 0.717) is 24.1 Å². The molecule has 1 saturated heterocycles. The predicted octanol–water partition coefficient (Wildman–Crippen LogP) is 2.64. The van der Waals surface area contributed by atoms with E-state index in [0.717, 1.165) is 19.5 Å². The van der Waals surface area contributed by atoms with E-state index in [2.05, 4.69) is 37.9 Å². The van der Waals surface area contributed by atoms with Gasteiger partial charge in [0.2, 0.25) is 0 Å². The van der Waals surface area contributed by atoms with Crippen LogP contribution in [0.25, 0.3) is 0 Å². The lowest BCUT2D eigenvalue weighted by Gasteiger charge is -2.42. The van der Waals surface area contributed by atoms with Crippen LogP contribution in [0.4, 0.5) is 0 Å². The Kier molecular flexibility index (Phi) is 7.33. The van der Waals surface area contributed by atoms with E-state index in [1.165, 1.54) is 32.2 Å². The summed E-state index contributed by atoms with van der Waals surface area (Å²) in [4.78, 5) is 2.63. The summed E-state index contributed by atoms with van der Waals surface area (Å²) >= 11 is 0. The van der Waals surface area contributed by atoms with Crippen molar-refractivity contribution in [2.24, 2.45) is 5.41 Å². The third kappa shape index (κ3) is 5.80. The van der Waals surface area contributed by atoms with Crippen LogP contribution in [0.5, 0.6) is 0 Å². The quantitative estimate of drug-likeness (QED) is 0.712. The van der Waals surface area contributed by atoms with E-state index >= 15 is 0 Å². The van der Waals surface area contributed by atoms with Gasteiger partial charge in [0.05, 0.1) is 0 Å². The Balaban J connectivity index is 2.55. The van der Waals surface area contributed by atoms with Crippen LogP contribution in [-0.2, 0) is 0 Å². The molecule has 0 bridgehead atoms. The van der Waals surface area contributed by atoms with Gasteiger partial charge in [0, 0.05) is 31.8 Å². The normalized spacial score (nSPS) is 24.6. The average molecular weight is 270 g/mol. The van der Waals surface area contributed by atoms with Gasteiger partial charge in [-0.05, 0) is 37.6 Å². The summed E-state index contributed by atoms with van der Waals surface area (Å²) in [5.74, 6) is 0. The second-order valence-corrected chi connectivity index (χ2v) is 6.83. The van der Waals surface area contributed by atoms with Crippen LogP contribution in [0.15, 0.2) is 0 Å². The van der Waals surface area contributed by atoms with Gasteiger partial charge in [-0.25, -0.2) is 0 Å². The van der Waals surface area contributed by atoms with Crippen molar-refractivity contribution >= 4 is 0 Å². The highest BCUT2D eigenvalue weighted by Gasteiger charge is 2.30. The average Bonchev–Trinajstić information content (AvgIpc) is 2.39. The van der Waals surface area contributed by atoms with E-state index in [9.17, 15) is 5.11 Å². The number of rotatable bonds is 8. The van der Waals surface area contributed by atoms with Crippen molar-refractivity contribution in [3.63, 3.8) is 0 Å². The Bertz CT molecular complexity index is 243. The first-order chi connectivity index (χ1) is 9.00. The molecule has 0 aromatic carbocycles. The molecule has 1 fully saturated rings. The van der Waals surface area contributed by atoms with Crippen LogP contribution >= 0.6 is 0 Å². The monoisotopic (exact) mass is 270 g/mol. The molecular weight excluding hydrogens is 236 g/mol. The maximum absolute atomic E-state index is 9.23. The Morgan fingerprint density at radius 1 is 1.37 bits per heavy atom. The fourth-order valence-corrected chi connectivity index (χ4v) is 2.98. The van der Waals surface area contributed by atoms with Gasteiger partial charge in [-0.15, -0.1) is 0 Å². The molecule has 0 amide bonds. The SMILES string of the molecule is CCC(C)(CNC(C)C)CN1CCCCC1CCO. The Morgan fingerprint density at radius 2 is 2.11 bits per heavy atom. The number of aliphatic hydroxyl groups is 1. The predicted molar refractivity (Wildman–Crippen MR) is 82.5 cm³/mol. The van der Waals surface area contributed by atoms with Crippen LogP contribution in [0.2, 0.25) is 0 Å². The summed E-state index contributed by atoms with van der Waals surface area (Å²) in [6.45, 7) is 12.9. The molecule has 19 heavy (non-hydrogen) atoms. The molecule has 2 unspecified atom stereocenters. The van der Waals surface area contributed by atoms with Gasteiger partial charge >= 0.3 is 0 Å². The lowest BCUT2D eigenvalue weighted by Crippen LogP contribution is -2.49. The zero-order chi connectivity index (χ0) is 14.3. The molecule has 2 atom stereocenters. The zero-order valence-corrected chi connectivity index (χ0v) is 13.4. The standard InChI is InChI=1S/C16H34N2O/c1-5-16(4,12-17-14(2)3)13-18-10-7-6-8-15(18)9-11-19/h14-15,17,19H,5-13H2,1-4H3. The number of piperidine rings is 1. The molecule has 1 aliphatic rings. The van der Waals surface area contributed by atoms with Crippen molar-refractivity contribution in [2.45, 2.75) is 71.9 Å². The van der Waals surface area contributed by atoms with Gasteiger partial charge in [0.1, 0.15) is 0 Å². The summed E-state index contributed by atoms with van der Waals surface area (Å²) in [7, 11) is 0. The third-order valence-electron chi connectivity index (χ3n) is 4.59. The molecule has 0 saturated carbocycles. The van der Waals surface area contributed by atoms with E-state index in [1.807, 2.05) is 0 Å². The molecule has 2 N–H and O–H groups in total. The molecule has 1 aliphatic heterocycles. The maximum Gasteiger partial charge on any atom is 0.0445 e. The molecule has 3 heteroatoms. The lowest BCUT2D eigenvalue weighted by atomic mass is 9.84. The fraction of sp³-hybridized carbons (Fsp3) is 1.00. The highest BCUT2D eigenvalue weighted by atomic mass is 16.3. The van der Waals surface area contributed by atoms with E-state index in [4.69, 9.17) is 0 Å². The van der Waals surface area contributed by atoms with Crippen LogP contribution in [-0.4, -0.2) is 48.3 Å². The smallest absolute Gasteiger partial charge is 0.0445 e. The van der Waals surface area contributed by atoms with Gasteiger partial charge in [0.15, 0.2) is 0 Å². The first-order valence-electron chi connectivity index (χ1n) is 8.09. The molecule has 1 rings (SSSR count). The van der Waals surface area contributed by atoms with Crippen LogP contribution in [0.3, 0.4) is 0 Å². The maximum atomic E-state index is 9.23. The number of hydrogen-bond acceptors (Lipinski definition) is 3. The number of nitrogens with one attached hydrogen (secondary N) is 1. The summed E-state index contributed by atoms with van der Waals surface area (Å²) in [5, 5.41) is 12.8. The van der Waals surface area contributed by atoms with Crippen LogP contribution in [0, 0.1) is 5.41 Å². The number of aliphatic hydroxyl groups excluding tert-OH is 1. The third-order valence-corrected chi connectivity index (χ3v) is 4.59. The molecule has 1 heterocycles. The largest absolute Gasteiger partial charge is 0.396 e. The lowest BCUT2D eigenvalue weighted by molar-refractivity contribution is 0.0691. The Labute approximate surface area is 119 Å². The first-order valence-corrected chi connectivity index (χ1v) is 8.09. The van der Waals surface area contributed by atoms with Crippen molar-refractivity contribution in [1.82, 2.24) is 10.2 Å². The van der Waals surface area contributed by atoms with Gasteiger partial charge in [-0.2, -0.15) is 0 Å². The molecule has 0 radical (unpaired) electrons. The minimum atomic E-state index is 0.328. The van der Waals surface area contributed by atoms with Crippen molar-refractivity contribution in [1.29, 1.82) is 0 Å². The highest BCUT2D eigenvalue weighted by molar-refractivity contribution is 4.85. The van der Waals surface area contributed by atoms with Gasteiger partial charge in [-0.1, -0.05) is 34.1 Å². The molecule has 3 nitrogen and oxygen atoms in total. The zero-order valence-electron chi connectivity index (χ0n) is 13.4. The van der Waals surface area contributed by atoms with Crippen molar-refractivity contribution < 1.29 is 5.11 Å². The summed E-state index contributed by atoms with van der Waals surface area (Å²) in [5.41, 5.74) is 0.343. The van der Waals surface area contributed by atoms with Gasteiger partial charge in [0.25, 0.3) is 0 Å².